The lowest BCUT2D eigenvalue weighted by molar-refractivity contribution is -0.119. The van der Waals surface area contributed by atoms with Crippen molar-refractivity contribution in [1.82, 2.24) is 4.90 Å². The molecule has 0 bridgehead atoms. The number of carbonyl (C=O) groups excluding carboxylic acids is 2. The van der Waals surface area contributed by atoms with Crippen molar-refractivity contribution in [3.8, 4) is 5.75 Å². The molecule has 2 aromatic rings. The Morgan fingerprint density at radius 2 is 1.93 bits per heavy atom. The summed E-state index contributed by atoms with van der Waals surface area (Å²) in [6, 6.07) is 10.6. The van der Waals surface area contributed by atoms with E-state index in [0.29, 0.717) is 28.7 Å². The van der Waals surface area contributed by atoms with Crippen LogP contribution in [0.25, 0.3) is 0 Å². The van der Waals surface area contributed by atoms with E-state index in [1.54, 1.807) is 36.2 Å². The average Bonchev–Trinajstić information content (AvgIpc) is 2.60. The number of anilines is 2. The molecule has 2 rings (SSSR count). The summed E-state index contributed by atoms with van der Waals surface area (Å²) in [7, 11) is 3.23. The van der Waals surface area contributed by atoms with Crippen LogP contribution in [0.3, 0.4) is 0 Å². The van der Waals surface area contributed by atoms with Crippen LogP contribution in [0.5, 0.6) is 5.75 Å². The predicted molar refractivity (Wildman–Crippen MR) is 104 cm³/mol. The molecule has 27 heavy (non-hydrogen) atoms. The fourth-order valence-electron chi connectivity index (χ4n) is 2.37. The second-order valence-electron chi connectivity index (χ2n) is 5.94. The number of benzene rings is 2. The number of hydrogen-bond acceptors (Lipinski definition) is 4. The summed E-state index contributed by atoms with van der Waals surface area (Å²) in [4.78, 5) is 25.8. The van der Waals surface area contributed by atoms with Crippen molar-refractivity contribution in [3.63, 3.8) is 0 Å². The Balaban J connectivity index is 1.79. The van der Waals surface area contributed by atoms with E-state index in [1.807, 2.05) is 0 Å². The monoisotopic (exact) mass is 393 g/mol. The van der Waals surface area contributed by atoms with Gasteiger partial charge >= 0.3 is 0 Å². The highest BCUT2D eigenvalue weighted by atomic mass is 35.5. The first-order valence-electron chi connectivity index (χ1n) is 8.24. The van der Waals surface area contributed by atoms with Crippen LogP contribution >= 0.6 is 11.6 Å². The quantitative estimate of drug-likeness (QED) is 0.721. The molecule has 0 spiro atoms. The highest BCUT2D eigenvalue weighted by Crippen LogP contribution is 2.27. The molecule has 0 fully saturated rings. The van der Waals surface area contributed by atoms with Crippen LogP contribution in [0, 0.1) is 5.82 Å². The van der Waals surface area contributed by atoms with E-state index in [0.717, 1.165) is 0 Å². The Hall–Kier alpha value is -2.64. The number of ether oxygens (including phenoxy) is 1. The van der Waals surface area contributed by atoms with Crippen molar-refractivity contribution in [1.29, 1.82) is 0 Å². The molecule has 0 unspecified atom stereocenters. The second-order valence-corrected chi connectivity index (χ2v) is 6.38. The highest BCUT2D eigenvalue weighted by Gasteiger charge is 2.12. The average molecular weight is 394 g/mol. The summed E-state index contributed by atoms with van der Waals surface area (Å²) in [5, 5.41) is 5.83. The minimum absolute atomic E-state index is 0.0862. The Labute approximate surface area is 162 Å². The van der Waals surface area contributed by atoms with E-state index < -0.39 is 5.82 Å². The number of rotatable bonds is 8. The minimum Gasteiger partial charge on any atom is -0.495 e. The van der Waals surface area contributed by atoms with Crippen LogP contribution < -0.4 is 15.4 Å². The third-order valence-corrected chi connectivity index (χ3v) is 3.91. The SMILES string of the molecule is COc1ccc(Cl)cc1NC(=O)CN(C)CCC(=O)Nc1cccc(F)c1. The van der Waals surface area contributed by atoms with Crippen LogP contribution in [0.15, 0.2) is 42.5 Å². The van der Waals surface area contributed by atoms with E-state index >= 15 is 0 Å². The van der Waals surface area contributed by atoms with Gasteiger partial charge in [0.2, 0.25) is 11.8 Å². The fourth-order valence-corrected chi connectivity index (χ4v) is 2.55. The van der Waals surface area contributed by atoms with Gasteiger partial charge in [0.25, 0.3) is 0 Å². The van der Waals surface area contributed by atoms with Crippen molar-refractivity contribution in [3.05, 3.63) is 53.3 Å². The number of carbonyl (C=O) groups is 2. The summed E-state index contributed by atoms with van der Waals surface area (Å²) in [5.41, 5.74) is 0.876. The standard InChI is InChI=1S/C19H21ClFN3O3/c1-24(9-8-18(25)22-15-5-3-4-14(21)11-15)12-19(26)23-16-10-13(20)6-7-17(16)27-2/h3-7,10-11H,8-9,12H2,1-2H3,(H,22,25)(H,23,26). The zero-order valence-corrected chi connectivity index (χ0v) is 15.8. The normalized spacial score (nSPS) is 10.6. The van der Waals surface area contributed by atoms with Gasteiger partial charge in [-0.2, -0.15) is 0 Å². The lowest BCUT2D eigenvalue weighted by atomic mass is 10.2. The molecule has 0 aliphatic heterocycles. The maximum absolute atomic E-state index is 13.1. The molecule has 0 aromatic heterocycles. The van der Waals surface area contributed by atoms with Crippen LogP contribution in [0.1, 0.15) is 6.42 Å². The Morgan fingerprint density at radius 1 is 1.15 bits per heavy atom. The molecule has 6 nitrogen and oxygen atoms in total. The summed E-state index contributed by atoms with van der Waals surface area (Å²) in [6.45, 7) is 0.449. The van der Waals surface area contributed by atoms with Crippen molar-refractivity contribution in [2.24, 2.45) is 0 Å². The van der Waals surface area contributed by atoms with E-state index in [9.17, 15) is 14.0 Å². The maximum atomic E-state index is 13.1. The van der Waals surface area contributed by atoms with Gasteiger partial charge < -0.3 is 15.4 Å². The molecule has 0 saturated carbocycles. The molecule has 0 heterocycles. The number of halogens is 2. The number of methoxy groups -OCH3 is 1. The summed E-state index contributed by atoms with van der Waals surface area (Å²) in [6.07, 6.45) is 0.167. The molecule has 0 aliphatic rings. The Morgan fingerprint density at radius 3 is 2.63 bits per heavy atom. The third kappa shape index (κ3) is 6.88. The van der Waals surface area contributed by atoms with Crippen molar-refractivity contribution < 1.29 is 18.7 Å². The Bertz CT molecular complexity index is 817. The molecule has 2 aromatic carbocycles. The van der Waals surface area contributed by atoms with Gasteiger partial charge in [-0.25, -0.2) is 4.39 Å². The zero-order valence-electron chi connectivity index (χ0n) is 15.1. The number of amides is 2. The molecule has 2 amide bonds. The van der Waals surface area contributed by atoms with Crippen molar-refractivity contribution in [2.75, 3.05) is 37.9 Å². The van der Waals surface area contributed by atoms with Crippen molar-refractivity contribution >= 4 is 34.8 Å². The first-order valence-corrected chi connectivity index (χ1v) is 8.62. The molecule has 0 saturated heterocycles. The molecular weight excluding hydrogens is 373 g/mol. The zero-order chi connectivity index (χ0) is 19.8. The molecule has 144 valence electrons. The van der Waals surface area contributed by atoms with Gasteiger partial charge in [0.05, 0.1) is 19.3 Å². The number of nitrogens with zero attached hydrogens (tertiary/aromatic N) is 1. The molecule has 0 aliphatic carbocycles. The number of hydrogen-bond donors (Lipinski definition) is 2. The highest BCUT2D eigenvalue weighted by molar-refractivity contribution is 6.31. The molecular formula is C19H21ClFN3O3. The first kappa shape index (κ1) is 20.7. The molecule has 2 N–H and O–H groups in total. The molecule has 0 radical (unpaired) electrons. The third-order valence-electron chi connectivity index (χ3n) is 3.68. The van der Waals surface area contributed by atoms with Gasteiger partial charge in [-0.05, 0) is 43.4 Å². The summed E-state index contributed by atoms with van der Waals surface area (Å²) < 4.78 is 18.3. The minimum atomic E-state index is -0.418. The molecule has 8 heteroatoms. The van der Waals surface area contributed by atoms with Gasteiger partial charge in [0.1, 0.15) is 11.6 Å². The maximum Gasteiger partial charge on any atom is 0.238 e. The Kier molecular flexibility index (Phi) is 7.57. The van der Waals surface area contributed by atoms with Crippen LogP contribution in [0.2, 0.25) is 5.02 Å². The predicted octanol–water partition coefficient (Wildman–Crippen LogP) is 3.39. The van der Waals surface area contributed by atoms with E-state index in [-0.39, 0.29) is 24.8 Å². The fraction of sp³-hybridized carbons (Fsp3) is 0.263. The number of nitrogens with one attached hydrogen (secondary N) is 2. The van der Waals surface area contributed by atoms with E-state index in [4.69, 9.17) is 16.3 Å². The summed E-state index contributed by atoms with van der Waals surface area (Å²) in [5.74, 6) is -0.434. The van der Waals surface area contributed by atoms with Gasteiger partial charge in [0, 0.05) is 23.7 Å². The molecule has 0 atom stereocenters. The van der Waals surface area contributed by atoms with Crippen LogP contribution in [-0.2, 0) is 9.59 Å². The van der Waals surface area contributed by atoms with E-state index in [1.165, 1.54) is 25.3 Å². The van der Waals surface area contributed by atoms with Crippen LogP contribution in [0.4, 0.5) is 15.8 Å². The largest absolute Gasteiger partial charge is 0.495 e. The van der Waals surface area contributed by atoms with Gasteiger partial charge in [-0.1, -0.05) is 17.7 Å². The summed E-state index contributed by atoms with van der Waals surface area (Å²) >= 11 is 5.94. The lowest BCUT2D eigenvalue weighted by Gasteiger charge is -2.17. The lowest BCUT2D eigenvalue weighted by Crippen LogP contribution is -2.32. The number of likely N-dealkylation sites (N-methyl/N-ethyl adjacent to an activating group) is 1. The van der Waals surface area contributed by atoms with Gasteiger partial charge in [0.15, 0.2) is 0 Å². The van der Waals surface area contributed by atoms with Gasteiger partial charge in [-0.3, -0.25) is 14.5 Å². The van der Waals surface area contributed by atoms with E-state index in [2.05, 4.69) is 10.6 Å². The first-order chi connectivity index (χ1) is 12.9. The van der Waals surface area contributed by atoms with Crippen molar-refractivity contribution in [2.45, 2.75) is 6.42 Å². The van der Waals surface area contributed by atoms with Crippen LogP contribution in [-0.4, -0.2) is 44.0 Å². The second kappa shape index (κ2) is 9.89. The van der Waals surface area contributed by atoms with Gasteiger partial charge in [-0.15, -0.1) is 0 Å². The topological polar surface area (TPSA) is 70.7 Å². The smallest absolute Gasteiger partial charge is 0.238 e.